The smallest absolute Gasteiger partial charge is 0.0995 e. The molecule has 3 N–H and O–H groups in total. The topological polar surface area (TPSA) is 67.6 Å². The first-order valence-electron chi connectivity index (χ1n) is 4.52. The molecule has 0 bridgehead atoms. The van der Waals surface area contributed by atoms with Gasteiger partial charge in [-0.05, 0) is 5.56 Å². The molecule has 0 aliphatic rings. The molecule has 0 aliphatic carbocycles. The Morgan fingerprint density at radius 1 is 1.07 bits per heavy atom. The molecule has 2 rings (SSSR count). The molecule has 0 aliphatic heterocycles. The number of nitrogens with zero attached hydrogens (tertiary/aromatic N) is 2. The Kier molecular flexibility index (Phi) is 2.55. The minimum atomic E-state index is 0.429. The number of nitrogens with one attached hydrogen (secondary N) is 1. The molecule has 0 amide bonds. The lowest BCUT2D eigenvalue weighted by Crippen LogP contribution is -2.01. The van der Waals surface area contributed by atoms with Crippen molar-refractivity contribution in [2.45, 2.75) is 13.0 Å². The molecule has 1 aromatic carbocycles. The number of hydrogen-bond acceptors (Lipinski definition) is 3. The lowest BCUT2D eigenvalue weighted by Gasteiger charge is -1.98. The van der Waals surface area contributed by atoms with E-state index in [0.717, 1.165) is 17.8 Å². The Balaban J connectivity index is 2.19. The predicted octanol–water partition coefficient (Wildman–Crippen LogP) is 0.854. The summed E-state index contributed by atoms with van der Waals surface area (Å²) in [6.07, 6.45) is 0.782. The van der Waals surface area contributed by atoms with Gasteiger partial charge in [0, 0.05) is 13.0 Å². The third kappa shape index (κ3) is 1.80. The van der Waals surface area contributed by atoms with Crippen molar-refractivity contribution in [1.82, 2.24) is 15.4 Å². The Hall–Kier alpha value is -1.68. The van der Waals surface area contributed by atoms with Crippen molar-refractivity contribution >= 4 is 0 Å². The van der Waals surface area contributed by atoms with E-state index in [1.165, 1.54) is 5.56 Å². The molecule has 0 fully saturated rings. The lowest BCUT2D eigenvalue weighted by molar-refractivity contribution is 0.896. The monoisotopic (exact) mass is 188 g/mol. The van der Waals surface area contributed by atoms with Crippen LogP contribution in [0.4, 0.5) is 0 Å². The van der Waals surface area contributed by atoms with Gasteiger partial charge >= 0.3 is 0 Å². The highest BCUT2D eigenvalue weighted by Gasteiger charge is 2.05. The van der Waals surface area contributed by atoms with Crippen LogP contribution in [0.15, 0.2) is 30.3 Å². The van der Waals surface area contributed by atoms with Crippen molar-refractivity contribution in [3.8, 4) is 0 Å². The molecule has 0 saturated heterocycles. The van der Waals surface area contributed by atoms with Crippen molar-refractivity contribution in [2.24, 2.45) is 5.73 Å². The van der Waals surface area contributed by atoms with Gasteiger partial charge in [-0.25, -0.2) is 0 Å². The molecule has 0 saturated carbocycles. The van der Waals surface area contributed by atoms with Gasteiger partial charge in [0.25, 0.3) is 0 Å². The molecule has 0 atom stereocenters. The highest BCUT2D eigenvalue weighted by Crippen LogP contribution is 2.08. The van der Waals surface area contributed by atoms with Crippen molar-refractivity contribution < 1.29 is 0 Å². The number of rotatable bonds is 3. The molecular formula is C10H12N4. The normalized spacial score (nSPS) is 10.4. The van der Waals surface area contributed by atoms with Gasteiger partial charge in [-0.3, -0.25) is 0 Å². The first-order valence-corrected chi connectivity index (χ1v) is 4.52. The molecule has 0 radical (unpaired) electrons. The van der Waals surface area contributed by atoms with Crippen LogP contribution in [0.5, 0.6) is 0 Å². The second-order valence-corrected chi connectivity index (χ2v) is 3.08. The van der Waals surface area contributed by atoms with E-state index in [2.05, 4.69) is 27.5 Å². The second-order valence-electron chi connectivity index (χ2n) is 3.08. The van der Waals surface area contributed by atoms with Gasteiger partial charge in [-0.1, -0.05) is 30.3 Å². The average molecular weight is 188 g/mol. The SMILES string of the molecule is NCc1n[nH]nc1Cc1ccccc1. The molecule has 4 heteroatoms. The fraction of sp³-hybridized carbons (Fsp3) is 0.200. The van der Waals surface area contributed by atoms with Gasteiger partial charge in [0.2, 0.25) is 0 Å². The van der Waals surface area contributed by atoms with Crippen LogP contribution in [0.25, 0.3) is 0 Å². The van der Waals surface area contributed by atoms with Gasteiger partial charge in [0.05, 0.1) is 11.4 Å². The number of H-pyrrole nitrogens is 1. The standard InChI is InChI=1S/C10H12N4/c11-7-10-9(12-14-13-10)6-8-4-2-1-3-5-8/h1-5H,6-7,11H2,(H,12,13,14). The number of aromatic nitrogens is 3. The van der Waals surface area contributed by atoms with Gasteiger partial charge in [0.1, 0.15) is 0 Å². The van der Waals surface area contributed by atoms with Crippen molar-refractivity contribution in [3.63, 3.8) is 0 Å². The van der Waals surface area contributed by atoms with Crippen LogP contribution >= 0.6 is 0 Å². The van der Waals surface area contributed by atoms with Crippen LogP contribution in [0.2, 0.25) is 0 Å². The molecule has 72 valence electrons. The predicted molar refractivity (Wildman–Crippen MR) is 53.5 cm³/mol. The Morgan fingerprint density at radius 2 is 1.79 bits per heavy atom. The molecule has 0 unspecified atom stereocenters. The highest BCUT2D eigenvalue weighted by molar-refractivity contribution is 5.22. The third-order valence-electron chi connectivity index (χ3n) is 2.11. The van der Waals surface area contributed by atoms with E-state index in [0.29, 0.717) is 6.54 Å². The van der Waals surface area contributed by atoms with E-state index in [1.54, 1.807) is 0 Å². The number of nitrogens with two attached hydrogens (primary N) is 1. The summed E-state index contributed by atoms with van der Waals surface area (Å²) in [5.41, 5.74) is 8.52. The minimum Gasteiger partial charge on any atom is -0.325 e. The zero-order valence-corrected chi connectivity index (χ0v) is 7.77. The molecule has 1 heterocycles. The fourth-order valence-electron chi connectivity index (χ4n) is 1.37. The van der Waals surface area contributed by atoms with Crippen LogP contribution in [-0.4, -0.2) is 15.4 Å². The molecule has 0 spiro atoms. The second kappa shape index (κ2) is 4.02. The summed E-state index contributed by atoms with van der Waals surface area (Å²) in [5.74, 6) is 0. The molecule has 4 nitrogen and oxygen atoms in total. The zero-order valence-electron chi connectivity index (χ0n) is 7.77. The fourth-order valence-corrected chi connectivity index (χ4v) is 1.37. The zero-order chi connectivity index (χ0) is 9.80. The lowest BCUT2D eigenvalue weighted by atomic mass is 10.1. The maximum atomic E-state index is 5.53. The van der Waals surface area contributed by atoms with Crippen molar-refractivity contribution in [1.29, 1.82) is 0 Å². The molecule has 2 aromatic rings. The van der Waals surface area contributed by atoms with Gasteiger partial charge < -0.3 is 5.73 Å². The summed E-state index contributed by atoms with van der Waals surface area (Å²) in [4.78, 5) is 0. The van der Waals surface area contributed by atoms with Gasteiger partial charge in [-0.15, -0.1) is 0 Å². The molecular weight excluding hydrogens is 176 g/mol. The number of aromatic amines is 1. The number of hydrogen-bond donors (Lipinski definition) is 2. The van der Waals surface area contributed by atoms with E-state index in [4.69, 9.17) is 5.73 Å². The molecule has 14 heavy (non-hydrogen) atoms. The van der Waals surface area contributed by atoms with Gasteiger partial charge in [-0.2, -0.15) is 15.4 Å². The summed E-state index contributed by atoms with van der Waals surface area (Å²) in [6.45, 7) is 0.429. The Morgan fingerprint density at radius 3 is 2.50 bits per heavy atom. The van der Waals surface area contributed by atoms with E-state index in [-0.39, 0.29) is 0 Å². The van der Waals surface area contributed by atoms with Crippen LogP contribution in [-0.2, 0) is 13.0 Å². The van der Waals surface area contributed by atoms with Crippen molar-refractivity contribution in [3.05, 3.63) is 47.3 Å². The summed E-state index contributed by atoms with van der Waals surface area (Å²) < 4.78 is 0. The largest absolute Gasteiger partial charge is 0.325 e. The third-order valence-corrected chi connectivity index (χ3v) is 2.11. The maximum Gasteiger partial charge on any atom is 0.0995 e. The Labute approximate surface area is 82.1 Å². The quantitative estimate of drug-likeness (QED) is 0.750. The summed E-state index contributed by atoms with van der Waals surface area (Å²) >= 11 is 0. The van der Waals surface area contributed by atoms with E-state index >= 15 is 0 Å². The van der Waals surface area contributed by atoms with Crippen LogP contribution in [0, 0.1) is 0 Å². The van der Waals surface area contributed by atoms with Crippen molar-refractivity contribution in [2.75, 3.05) is 0 Å². The van der Waals surface area contributed by atoms with Crippen LogP contribution in [0.1, 0.15) is 17.0 Å². The van der Waals surface area contributed by atoms with Gasteiger partial charge in [0.15, 0.2) is 0 Å². The van der Waals surface area contributed by atoms with Crippen LogP contribution in [0.3, 0.4) is 0 Å². The minimum absolute atomic E-state index is 0.429. The number of benzene rings is 1. The van der Waals surface area contributed by atoms with Crippen LogP contribution < -0.4 is 5.73 Å². The summed E-state index contributed by atoms with van der Waals surface area (Å²) in [6, 6.07) is 10.1. The molecule has 1 aromatic heterocycles. The maximum absolute atomic E-state index is 5.53. The average Bonchev–Trinajstić information content (AvgIpc) is 2.67. The Bertz CT molecular complexity index is 394. The highest BCUT2D eigenvalue weighted by atomic mass is 15.3. The summed E-state index contributed by atoms with van der Waals surface area (Å²) in [7, 11) is 0. The van der Waals surface area contributed by atoms with E-state index in [9.17, 15) is 0 Å². The first-order chi connectivity index (χ1) is 6.90. The first kappa shape index (κ1) is 8.90. The summed E-state index contributed by atoms with van der Waals surface area (Å²) in [5, 5.41) is 10.6. The van der Waals surface area contributed by atoms with E-state index in [1.807, 2.05) is 18.2 Å². The van der Waals surface area contributed by atoms with E-state index < -0.39 is 0 Å².